The Bertz CT molecular complexity index is 4150. The molecule has 33 heteroatoms. The smallest absolute Gasteiger partial charge is 0.333 e. The van der Waals surface area contributed by atoms with Gasteiger partial charge in [-0.3, -0.25) is 32.4 Å². The molecule has 7 rings (SSSR count). The average Bonchev–Trinajstić information content (AvgIpc) is 1.60. The molecule has 2 atom stereocenters. The zero-order chi connectivity index (χ0) is 66.9. The Morgan fingerprint density at radius 2 is 1.11 bits per heavy atom. The van der Waals surface area contributed by atoms with Crippen LogP contribution in [0.1, 0.15) is 83.8 Å². The van der Waals surface area contributed by atoms with Gasteiger partial charge in [0.25, 0.3) is 62.4 Å². The van der Waals surface area contributed by atoms with Gasteiger partial charge in [0.05, 0.1) is 87.0 Å². The first-order valence-corrected chi connectivity index (χ1v) is 36.0. The highest BCUT2D eigenvalue weighted by Gasteiger charge is 2.49. The fraction of sp³-hybridized carbons (Fsp3) is 0.483. The standard InChI is InChI=1S/C58H73N3O25S5/c1-6-59-46-14-12-42-44(35-40(88(68,69)70)37-48(42)90(74,75)76)55(46)57(3,20-8-34-87(65,66)67)50(59)16-10-39(2)11-17-51-58(4,21-23-81-26-27-83-30-31-85-33-32-84-29-28-82-25-24-80-5)56-45-36-41(89(71,72)73)38-49(91(77,78)79)43(45)13-15-47(56)60(51)22-7-9-54(64)86-61-52(62)18-19-53(61)63/h10-17,35-38H,6-9,18-34H2,1-5H3,(H4-,65,66,67,68,69,70,71,72,73,74,75,76,77,78,79)/p+1. The molecule has 3 aliphatic heterocycles. The first-order valence-electron chi connectivity index (χ1n) is 28.7. The molecule has 1 saturated heterocycles. The average molecular weight is 1370 g/mol. The number of hydrogen-bond acceptors (Lipinski definition) is 21. The van der Waals surface area contributed by atoms with Crippen molar-refractivity contribution in [1.29, 1.82) is 0 Å². The fourth-order valence-corrected chi connectivity index (χ4v) is 14.7. The van der Waals surface area contributed by atoms with E-state index in [2.05, 4.69) is 0 Å². The Morgan fingerprint density at radius 3 is 1.59 bits per heavy atom. The highest BCUT2D eigenvalue weighted by molar-refractivity contribution is 7.87. The van der Waals surface area contributed by atoms with Crippen LogP contribution in [-0.2, 0) is 109 Å². The minimum absolute atomic E-state index is 0.00718. The summed E-state index contributed by atoms with van der Waals surface area (Å²) >= 11 is 0. The van der Waals surface area contributed by atoms with Gasteiger partial charge >= 0.3 is 5.97 Å². The first-order chi connectivity index (χ1) is 42.7. The van der Waals surface area contributed by atoms with Crippen molar-refractivity contribution in [1.82, 2.24) is 5.06 Å². The van der Waals surface area contributed by atoms with Crippen LogP contribution in [0.4, 0.5) is 11.4 Å². The Morgan fingerprint density at radius 1 is 0.615 bits per heavy atom. The highest BCUT2D eigenvalue weighted by atomic mass is 32.2. The molecule has 91 heavy (non-hydrogen) atoms. The Hall–Kier alpha value is -5.99. The molecule has 0 aromatic heterocycles. The number of anilines is 1. The minimum atomic E-state index is -5.18. The zero-order valence-electron chi connectivity index (χ0n) is 50.6. The Balaban J connectivity index is 1.29. The number of methoxy groups -OCH3 is 1. The lowest BCUT2D eigenvalue weighted by atomic mass is 9.74. The summed E-state index contributed by atoms with van der Waals surface area (Å²) in [6.45, 7) is 10.2. The maximum absolute atomic E-state index is 13.2. The van der Waals surface area contributed by atoms with Crippen LogP contribution < -0.4 is 4.90 Å². The molecule has 500 valence electrons. The van der Waals surface area contributed by atoms with E-state index >= 15 is 0 Å². The summed E-state index contributed by atoms with van der Waals surface area (Å²) < 4.78 is 213. The van der Waals surface area contributed by atoms with Gasteiger partial charge in [0, 0.05) is 84.8 Å². The van der Waals surface area contributed by atoms with Crippen molar-refractivity contribution in [2.24, 2.45) is 0 Å². The summed E-state index contributed by atoms with van der Waals surface area (Å²) in [5.41, 5.74) is 0.205. The Kier molecular flexibility index (Phi) is 23.8. The number of carbonyl (C=O) groups is 3. The van der Waals surface area contributed by atoms with Crippen molar-refractivity contribution in [2.45, 2.75) is 103 Å². The van der Waals surface area contributed by atoms with Gasteiger partial charge in [0.15, 0.2) is 5.71 Å². The molecule has 2 unspecified atom stereocenters. The van der Waals surface area contributed by atoms with Crippen LogP contribution in [0.25, 0.3) is 21.5 Å². The quantitative estimate of drug-likeness (QED) is 0.0121. The zero-order valence-corrected chi connectivity index (χ0v) is 54.6. The number of allylic oxidation sites excluding steroid dienone is 6. The SMILES string of the molecule is CC[N+]1=C(/C=C/C(C)=C/C=C2/N(CCCC(=O)ON3C(=O)CCC3=O)c3ccc4c(S(=O)(=O)O)cc(S(=O)(=O)O)cc4c3C2(C)CCOCCOCCOCCOCCOCCOC)C(C)(CCCS(=O)(=O)O)c2c1ccc1c(S(=O)(=O)O)cc(S(=O)(=O)O)cc21. The summed E-state index contributed by atoms with van der Waals surface area (Å²) in [4.78, 5) is 41.5. The normalized spacial score (nSPS) is 18.9. The number of ether oxygens (including phenoxy) is 6. The molecular formula is C58H74N3O25S5+. The molecular weight excluding hydrogens is 1300 g/mol. The second kappa shape index (κ2) is 30.0. The van der Waals surface area contributed by atoms with Gasteiger partial charge in [-0.2, -0.15) is 46.7 Å². The van der Waals surface area contributed by atoms with E-state index < -0.39 is 105 Å². The molecule has 0 spiro atoms. The molecule has 3 aliphatic rings. The predicted molar refractivity (Wildman–Crippen MR) is 328 cm³/mol. The van der Waals surface area contributed by atoms with Gasteiger partial charge < -0.3 is 38.2 Å². The van der Waals surface area contributed by atoms with Crippen molar-refractivity contribution in [3.63, 3.8) is 0 Å². The number of hydrogen-bond donors (Lipinski definition) is 5. The van der Waals surface area contributed by atoms with Crippen LogP contribution in [0, 0.1) is 0 Å². The van der Waals surface area contributed by atoms with Crippen molar-refractivity contribution in [3.8, 4) is 0 Å². The molecule has 2 amide bonds. The van der Waals surface area contributed by atoms with Crippen molar-refractivity contribution < 1.29 is 117 Å². The molecule has 5 N–H and O–H groups in total. The monoisotopic (exact) mass is 1370 g/mol. The topological polar surface area (TPSA) is 397 Å². The lowest BCUT2D eigenvalue weighted by Gasteiger charge is -2.31. The van der Waals surface area contributed by atoms with E-state index in [1.807, 2.05) is 4.58 Å². The largest absolute Gasteiger partial charge is 0.382 e. The van der Waals surface area contributed by atoms with Crippen LogP contribution >= 0.6 is 0 Å². The first kappa shape index (κ1) is 72.4. The summed E-state index contributed by atoms with van der Waals surface area (Å²) in [6, 6.07) is 9.15. The van der Waals surface area contributed by atoms with Gasteiger partial charge in [-0.1, -0.05) is 23.8 Å². The predicted octanol–water partition coefficient (Wildman–Crippen LogP) is 5.70. The third-order valence-corrected chi connectivity index (χ3v) is 19.9. The third-order valence-electron chi connectivity index (χ3n) is 15.7. The molecule has 3 heterocycles. The second-order valence-corrected chi connectivity index (χ2v) is 29.1. The second-order valence-electron chi connectivity index (χ2n) is 21.9. The van der Waals surface area contributed by atoms with E-state index in [0.717, 1.165) is 12.1 Å². The van der Waals surface area contributed by atoms with E-state index in [4.69, 9.17) is 33.3 Å². The number of hydroxylamine groups is 2. The molecule has 0 saturated carbocycles. The molecule has 0 bridgehead atoms. The van der Waals surface area contributed by atoms with Gasteiger partial charge in [-0.05, 0) is 112 Å². The Labute approximate surface area is 528 Å². The van der Waals surface area contributed by atoms with Gasteiger partial charge in [0.2, 0.25) is 5.69 Å². The van der Waals surface area contributed by atoms with Crippen LogP contribution in [0.2, 0.25) is 0 Å². The van der Waals surface area contributed by atoms with E-state index in [9.17, 15) is 79.2 Å². The number of nitrogens with zero attached hydrogens (tertiary/aromatic N) is 3. The summed E-state index contributed by atoms with van der Waals surface area (Å²) in [7, 11) is -23.5. The summed E-state index contributed by atoms with van der Waals surface area (Å²) in [6.07, 6.45) is 6.00. The lowest BCUT2D eigenvalue weighted by Crippen LogP contribution is -2.33. The third kappa shape index (κ3) is 17.6. The molecule has 0 radical (unpaired) electrons. The maximum Gasteiger partial charge on any atom is 0.333 e. The van der Waals surface area contributed by atoms with Crippen LogP contribution in [0.15, 0.2) is 104 Å². The molecule has 4 aromatic carbocycles. The number of amides is 2. The van der Waals surface area contributed by atoms with E-state index in [-0.39, 0.29) is 113 Å². The molecule has 1 fully saturated rings. The summed E-state index contributed by atoms with van der Waals surface area (Å²) in [5.74, 6) is -3.01. The highest BCUT2D eigenvalue weighted by Crippen LogP contribution is 2.54. The van der Waals surface area contributed by atoms with Crippen molar-refractivity contribution >= 4 is 107 Å². The van der Waals surface area contributed by atoms with Gasteiger partial charge in [0.1, 0.15) is 16.3 Å². The number of benzene rings is 4. The fourth-order valence-electron chi connectivity index (χ4n) is 11.5. The van der Waals surface area contributed by atoms with Gasteiger partial charge in [-0.15, -0.1) is 5.06 Å². The maximum atomic E-state index is 13.2. The van der Waals surface area contributed by atoms with Crippen LogP contribution in [0.5, 0.6) is 0 Å². The minimum Gasteiger partial charge on any atom is -0.382 e. The number of fused-ring (bicyclic) bond motifs is 6. The van der Waals surface area contributed by atoms with E-state index in [0.29, 0.717) is 96.3 Å². The lowest BCUT2D eigenvalue weighted by molar-refractivity contribution is -0.433. The number of carbonyl (C=O) groups excluding carboxylic acids is 3. The molecule has 4 aromatic rings. The van der Waals surface area contributed by atoms with Crippen LogP contribution in [-0.4, -0.2) is 197 Å². The van der Waals surface area contributed by atoms with E-state index in [1.165, 1.54) is 18.2 Å². The molecule has 28 nitrogen and oxygen atoms in total. The molecule has 0 aliphatic carbocycles. The van der Waals surface area contributed by atoms with Crippen molar-refractivity contribution in [3.05, 3.63) is 95.2 Å². The number of imide groups is 1. The van der Waals surface area contributed by atoms with Crippen molar-refractivity contribution in [2.75, 3.05) is 104 Å². The van der Waals surface area contributed by atoms with Crippen LogP contribution in [0.3, 0.4) is 0 Å². The summed E-state index contributed by atoms with van der Waals surface area (Å²) in [5, 5.41) is 0.130. The van der Waals surface area contributed by atoms with E-state index in [1.54, 1.807) is 70.1 Å². The van der Waals surface area contributed by atoms with Gasteiger partial charge in [-0.25, -0.2) is 4.79 Å². The number of rotatable bonds is 35.